The van der Waals surface area contributed by atoms with Gasteiger partial charge in [-0.25, -0.2) is 4.79 Å². The average molecular weight is 351 g/mol. The van der Waals surface area contributed by atoms with Gasteiger partial charge in [0.25, 0.3) is 5.91 Å². The molecule has 7 heteroatoms. The summed E-state index contributed by atoms with van der Waals surface area (Å²) in [6.07, 6.45) is 0. The van der Waals surface area contributed by atoms with Crippen molar-refractivity contribution in [2.24, 2.45) is 0 Å². The summed E-state index contributed by atoms with van der Waals surface area (Å²) in [7, 11) is 1.56. The number of carboxylic acid groups (broad SMARTS) is 1. The molecule has 26 heavy (non-hydrogen) atoms. The summed E-state index contributed by atoms with van der Waals surface area (Å²) < 4.78 is 5.25. The SMILES string of the molecule is CNC(=O)c1cccc(CNc2noc(-c3ccccc3)c2C(=O)O)c1. The number of carbonyl (C=O) groups is 2. The third-order valence-electron chi connectivity index (χ3n) is 3.82. The highest BCUT2D eigenvalue weighted by Crippen LogP contribution is 2.29. The Morgan fingerprint density at radius 3 is 2.58 bits per heavy atom. The molecule has 0 aliphatic rings. The number of aromatic nitrogens is 1. The van der Waals surface area contributed by atoms with Gasteiger partial charge < -0.3 is 20.3 Å². The highest BCUT2D eigenvalue weighted by Gasteiger charge is 2.23. The van der Waals surface area contributed by atoms with E-state index in [1.165, 1.54) is 0 Å². The van der Waals surface area contributed by atoms with Crippen LogP contribution >= 0.6 is 0 Å². The van der Waals surface area contributed by atoms with Gasteiger partial charge >= 0.3 is 5.97 Å². The van der Waals surface area contributed by atoms with Crippen molar-refractivity contribution >= 4 is 17.7 Å². The molecule has 132 valence electrons. The first-order valence-electron chi connectivity index (χ1n) is 7.93. The van der Waals surface area contributed by atoms with E-state index in [9.17, 15) is 14.7 Å². The molecule has 0 bridgehead atoms. The summed E-state index contributed by atoms with van der Waals surface area (Å²) >= 11 is 0. The quantitative estimate of drug-likeness (QED) is 0.630. The third-order valence-corrected chi connectivity index (χ3v) is 3.82. The molecule has 0 aliphatic carbocycles. The molecule has 3 N–H and O–H groups in total. The molecule has 1 heterocycles. The summed E-state index contributed by atoms with van der Waals surface area (Å²) in [5.74, 6) is -0.987. The number of rotatable bonds is 6. The van der Waals surface area contributed by atoms with Gasteiger partial charge in [-0.3, -0.25) is 4.79 Å². The number of carboxylic acids is 1. The van der Waals surface area contributed by atoms with Crippen LogP contribution < -0.4 is 10.6 Å². The van der Waals surface area contributed by atoms with Gasteiger partial charge in [0.05, 0.1) is 0 Å². The Morgan fingerprint density at radius 2 is 1.88 bits per heavy atom. The lowest BCUT2D eigenvalue weighted by Crippen LogP contribution is -2.18. The summed E-state index contributed by atoms with van der Waals surface area (Å²) in [4.78, 5) is 23.4. The maximum absolute atomic E-state index is 11.7. The fourth-order valence-electron chi connectivity index (χ4n) is 2.55. The predicted molar refractivity (Wildman–Crippen MR) is 96.1 cm³/mol. The second-order valence-electron chi connectivity index (χ2n) is 5.54. The van der Waals surface area contributed by atoms with Crippen molar-refractivity contribution in [1.29, 1.82) is 0 Å². The van der Waals surface area contributed by atoms with Gasteiger partial charge in [0.2, 0.25) is 0 Å². The van der Waals surface area contributed by atoms with Crippen molar-refractivity contribution in [3.05, 3.63) is 71.3 Å². The summed E-state index contributed by atoms with van der Waals surface area (Å²) in [6.45, 7) is 0.297. The van der Waals surface area contributed by atoms with E-state index >= 15 is 0 Å². The van der Waals surface area contributed by atoms with E-state index in [1.54, 1.807) is 49.5 Å². The van der Waals surface area contributed by atoms with Gasteiger partial charge in [-0.15, -0.1) is 0 Å². The fraction of sp³-hybridized carbons (Fsp3) is 0.105. The van der Waals surface area contributed by atoms with Crippen LogP contribution in [0, 0.1) is 0 Å². The number of amides is 1. The first kappa shape index (κ1) is 17.2. The number of nitrogens with one attached hydrogen (secondary N) is 2. The van der Waals surface area contributed by atoms with Crippen LogP contribution in [0.2, 0.25) is 0 Å². The van der Waals surface area contributed by atoms with Crippen molar-refractivity contribution in [3.63, 3.8) is 0 Å². The molecule has 0 radical (unpaired) electrons. The molecule has 2 aromatic carbocycles. The smallest absolute Gasteiger partial charge is 0.343 e. The first-order chi connectivity index (χ1) is 12.6. The zero-order chi connectivity index (χ0) is 18.5. The highest BCUT2D eigenvalue weighted by molar-refractivity contribution is 5.99. The van der Waals surface area contributed by atoms with Crippen LogP contribution in [0.25, 0.3) is 11.3 Å². The molecule has 0 saturated carbocycles. The molecule has 3 rings (SSSR count). The van der Waals surface area contributed by atoms with Gasteiger partial charge in [-0.2, -0.15) is 0 Å². The molecular weight excluding hydrogens is 334 g/mol. The minimum absolute atomic E-state index is 0.0290. The third kappa shape index (κ3) is 3.56. The molecule has 0 unspecified atom stereocenters. The van der Waals surface area contributed by atoms with Crippen LogP contribution in [0.1, 0.15) is 26.3 Å². The van der Waals surface area contributed by atoms with Gasteiger partial charge in [0, 0.05) is 24.7 Å². The average Bonchev–Trinajstić information content (AvgIpc) is 3.11. The summed E-state index contributed by atoms with van der Waals surface area (Å²) in [5, 5.41) is 18.9. The van der Waals surface area contributed by atoms with Crippen LogP contribution in [0.15, 0.2) is 59.1 Å². The normalized spacial score (nSPS) is 10.3. The summed E-state index contributed by atoms with van der Waals surface area (Å²) in [5.41, 5.74) is 1.94. The molecule has 0 saturated heterocycles. The lowest BCUT2D eigenvalue weighted by atomic mass is 10.1. The Kier molecular flexibility index (Phi) is 4.98. The Hall–Kier alpha value is -3.61. The molecule has 0 atom stereocenters. The van der Waals surface area contributed by atoms with Crippen molar-refractivity contribution in [2.45, 2.75) is 6.54 Å². The zero-order valence-electron chi connectivity index (χ0n) is 14.0. The highest BCUT2D eigenvalue weighted by atomic mass is 16.5. The number of carbonyl (C=O) groups excluding carboxylic acids is 1. The largest absolute Gasteiger partial charge is 0.477 e. The van der Waals surface area contributed by atoms with E-state index in [-0.39, 0.29) is 23.0 Å². The number of nitrogens with zero attached hydrogens (tertiary/aromatic N) is 1. The molecule has 0 fully saturated rings. The number of benzene rings is 2. The van der Waals surface area contributed by atoms with E-state index in [1.807, 2.05) is 12.1 Å². The lowest BCUT2D eigenvalue weighted by Gasteiger charge is -2.06. The Balaban J connectivity index is 1.84. The standard InChI is InChI=1S/C19H17N3O4/c1-20-18(23)14-9-5-6-12(10-14)11-21-17-15(19(24)25)16(26-22-17)13-7-3-2-4-8-13/h2-10H,11H2,1H3,(H,20,23)(H,21,22)(H,24,25). The number of hydrogen-bond donors (Lipinski definition) is 3. The molecule has 7 nitrogen and oxygen atoms in total. The minimum Gasteiger partial charge on any atom is -0.477 e. The van der Waals surface area contributed by atoms with Gasteiger partial charge in [0.1, 0.15) is 0 Å². The number of hydrogen-bond acceptors (Lipinski definition) is 5. The Bertz CT molecular complexity index is 935. The maximum atomic E-state index is 11.7. The summed E-state index contributed by atoms with van der Waals surface area (Å²) in [6, 6.07) is 15.9. The van der Waals surface area contributed by atoms with Crippen LogP contribution in [0.4, 0.5) is 5.82 Å². The van der Waals surface area contributed by atoms with Gasteiger partial charge in [-0.05, 0) is 17.7 Å². The van der Waals surface area contributed by atoms with Gasteiger partial charge in [-0.1, -0.05) is 47.6 Å². The Morgan fingerprint density at radius 1 is 1.12 bits per heavy atom. The minimum atomic E-state index is -1.13. The van der Waals surface area contributed by atoms with Crippen LogP contribution in [-0.4, -0.2) is 29.2 Å². The molecular formula is C19H17N3O4. The Labute approximate surface area is 149 Å². The van der Waals surface area contributed by atoms with Crippen molar-refractivity contribution in [3.8, 4) is 11.3 Å². The van der Waals surface area contributed by atoms with Crippen LogP contribution in [0.5, 0.6) is 0 Å². The van der Waals surface area contributed by atoms with Crippen molar-refractivity contribution in [1.82, 2.24) is 10.5 Å². The van der Waals surface area contributed by atoms with Crippen molar-refractivity contribution in [2.75, 3.05) is 12.4 Å². The van der Waals surface area contributed by atoms with Crippen molar-refractivity contribution < 1.29 is 19.2 Å². The molecule has 3 aromatic rings. The number of aromatic carboxylic acids is 1. The van der Waals surface area contributed by atoms with Crippen LogP contribution in [-0.2, 0) is 6.54 Å². The molecule has 1 aromatic heterocycles. The lowest BCUT2D eigenvalue weighted by molar-refractivity contribution is 0.0698. The van der Waals surface area contributed by atoms with E-state index in [0.29, 0.717) is 17.7 Å². The molecule has 0 spiro atoms. The van der Waals surface area contributed by atoms with E-state index in [4.69, 9.17) is 4.52 Å². The number of anilines is 1. The van der Waals surface area contributed by atoms with Crippen LogP contribution in [0.3, 0.4) is 0 Å². The monoisotopic (exact) mass is 351 g/mol. The predicted octanol–water partition coefficient (Wildman–Crippen LogP) is 3.01. The maximum Gasteiger partial charge on any atom is 0.343 e. The fourth-order valence-corrected chi connectivity index (χ4v) is 2.55. The molecule has 0 aliphatic heterocycles. The topological polar surface area (TPSA) is 104 Å². The van der Waals surface area contributed by atoms with E-state index in [2.05, 4.69) is 15.8 Å². The first-order valence-corrected chi connectivity index (χ1v) is 7.93. The van der Waals surface area contributed by atoms with Gasteiger partial charge in [0.15, 0.2) is 17.1 Å². The zero-order valence-corrected chi connectivity index (χ0v) is 14.0. The second-order valence-corrected chi connectivity index (χ2v) is 5.54. The van der Waals surface area contributed by atoms with E-state index < -0.39 is 5.97 Å². The second kappa shape index (κ2) is 7.52. The molecule has 1 amide bonds. The van der Waals surface area contributed by atoms with E-state index in [0.717, 1.165) is 5.56 Å².